The van der Waals surface area contributed by atoms with Crippen molar-refractivity contribution in [1.82, 2.24) is 4.57 Å². The predicted octanol–water partition coefficient (Wildman–Crippen LogP) is 3.03. The second kappa shape index (κ2) is 7.63. The molecule has 0 saturated heterocycles. The number of benzene rings is 1. The van der Waals surface area contributed by atoms with Gasteiger partial charge in [0.2, 0.25) is 0 Å². The van der Waals surface area contributed by atoms with Crippen LogP contribution in [0.2, 0.25) is 0 Å². The fourth-order valence-corrected chi connectivity index (χ4v) is 2.50. The Balaban J connectivity index is 2.11. The van der Waals surface area contributed by atoms with E-state index >= 15 is 0 Å². The van der Waals surface area contributed by atoms with Gasteiger partial charge in [0, 0.05) is 12.2 Å². The summed E-state index contributed by atoms with van der Waals surface area (Å²) in [7, 11) is 1.35. The topological polar surface area (TPSA) is 57.5 Å². The van der Waals surface area contributed by atoms with E-state index in [1.165, 1.54) is 7.11 Å². The van der Waals surface area contributed by atoms with E-state index in [-0.39, 0.29) is 25.0 Å². The molecule has 5 nitrogen and oxygen atoms in total. The molecular weight excluding hydrogens is 294 g/mol. The fraction of sp³-hybridized carbons (Fsp3) is 0.333. The lowest BCUT2D eigenvalue weighted by atomic mass is 10.2. The number of hydrogen-bond donors (Lipinski definition) is 0. The van der Waals surface area contributed by atoms with Crippen LogP contribution in [-0.2, 0) is 27.4 Å². The van der Waals surface area contributed by atoms with Crippen molar-refractivity contribution in [2.75, 3.05) is 7.11 Å². The van der Waals surface area contributed by atoms with E-state index < -0.39 is 0 Å². The molecule has 0 aliphatic heterocycles. The van der Waals surface area contributed by atoms with Crippen LogP contribution >= 0.6 is 0 Å². The van der Waals surface area contributed by atoms with Crippen molar-refractivity contribution in [1.29, 1.82) is 0 Å². The van der Waals surface area contributed by atoms with Crippen molar-refractivity contribution in [3.8, 4) is 0 Å². The van der Waals surface area contributed by atoms with Crippen molar-refractivity contribution in [2.45, 2.75) is 33.4 Å². The summed E-state index contributed by atoms with van der Waals surface area (Å²) in [5.74, 6) is -0.691. The van der Waals surface area contributed by atoms with Gasteiger partial charge in [-0.2, -0.15) is 0 Å². The highest BCUT2D eigenvalue weighted by Gasteiger charge is 2.19. The number of aryl methyl sites for hydroxylation is 2. The average molecular weight is 315 g/mol. The largest absolute Gasteiger partial charge is 0.469 e. The predicted molar refractivity (Wildman–Crippen MR) is 86.1 cm³/mol. The Morgan fingerprint density at radius 2 is 1.83 bits per heavy atom. The average Bonchev–Trinajstić information content (AvgIpc) is 2.84. The van der Waals surface area contributed by atoms with Crippen molar-refractivity contribution in [2.24, 2.45) is 0 Å². The number of carbonyl (C=O) groups is 2. The van der Waals surface area contributed by atoms with Gasteiger partial charge in [0.05, 0.1) is 13.5 Å². The molecule has 0 spiro atoms. The van der Waals surface area contributed by atoms with Gasteiger partial charge in [-0.1, -0.05) is 30.3 Å². The summed E-state index contributed by atoms with van der Waals surface area (Å²) in [6.45, 7) is 4.38. The summed E-state index contributed by atoms with van der Waals surface area (Å²) in [4.78, 5) is 23.8. The summed E-state index contributed by atoms with van der Waals surface area (Å²) >= 11 is 0. The number of carbonyl (C=O) groups excluding carboxylic acids is 2. The molecule has 1 heterocycles. The van der Waals surface area contributed by atoms with E-state index in [1.807, 2.05) is 50.2 Å². The number of aromatic nitrogens is 1. The molecule has 0 saturated carbocycles. The quantitative estimate of drug-likeness (QED) is 0.769. The van der Waals surface area contributed by atoms with Crippen LogP contribution in [0.1, 0.15) is 33.7 Å². The zero-order chi connectivity index (χ0) is 16.8. The second-order valence-corrected chi connectivity index (χ2v) is 5.36. The number of rotatable bonds is 6. The van der Waals surface area contributed by atoms with Crippen LogP contribution in [0.25, 0.3) is 0 Å². The molecule has 2 aromatic rings. The summed E-state index contributed by atoms with van der Waals surface area (Å²) < 4.78 is 11.9. The Hall–Kier alpha value is -2.56. The first kappa shape index (κ1) is 16.8. The maximum atomic E-state index is 12.4. The molecule has 0 aliphatic rings. The molecule has 0 atom stereocenters. The molecule has 0 radical (unpaired) electrons. The number of hydrogen-bond acceptors (Lipinski definition) is 4. The van der Waals surface area contributed by atoms with Gasteiger partial charge < -0.3 is 14.0 Å². The van der Waals surface area contributed by atoms with E-state index in [4.69, 9.17) is 4.74 Å². The normalized spacial score (nSPS) is 10.4. The standard InChI is InChI=1S/C18H21NO4/c1-13-11-14(2)19(10-9-16(20)22-3)17(13)18(21)23-12-15-7-5-4-6-8-15/h4-8,11H,9-10,12H2,1-3H3. The molecule has 5 heteroatoms. The number of esters is 2. The van der Waals surface area contributed by atoms with Crippen molar-refractivity contribution in [3.63, 3.8) is 0 Å². The zero-order valence-corrected chi connectivity index (χ0v) is 13.7. The smallest absolute Gasteiger partial charge is 0.355 e. The molecule has 2 rings (SSSR count). The van der Waals surface area contributed by atoms with E-state index in [0.29, 0.717) is 12.2 Å². The van der Waals surface area contributed by atoms with E-state index in [2.05, 4.69) is 4.74 Å². The Morgan fingerprint density at radius 3 is 2.48 bits per heavy atom. The summed E-state index contributed by atoms with van der Waals surface area (Å²) in [5, 5.41) is 0. The van der Waals surface area contributed by atoms with Crippen LogP contribution in [-0.4, -0.2) is 23.6 Å². The summed E-state index contributed by atoms with van der Waals surface area (Å²) in [6, 6.07) is 11.4. The Morgan fingerprint density at radius 1 is 1.13 bits per heavy atom. The van der Waals surface area contributed by atoms with Crippen LogP contribution in [0, 0.1) is 13.8 Å². The van der Waals surface area contributed by atoms with Crippen LogP contribution in [0.15, 0.2) is 36.4 Å². The SMILES string of the molecule is COC(=O)CCn1c(C)cc(C)c1C(=O)OCc1ccccc1. The first-order chi connectivity index (χ1) is 11.0. The van der Waals surface area contributed by atoms with E-state index in [9.17, 15) is 9.59 Å². The first-order valence-electron chi connectivity index (χ1n) is 7.47. The lowest BCUT2D eigenvalue weighted by Gasteiger charge is -2.12. The highest BCUT2D eigenvalue weighted by Crippen LogP contribution is 2.18. The van der Waals surface area contributed by atoms with Crippen LogP contribution in [0.5, 0.6) is 0 Å². The van der Waals surface area contributed by atoms with Gasteiger partial charge in [-0.3, -0.25) is 4.79 Å². The number of methoxy groups -OCH3 is 1. The maximum Gasteiger partial charge on any atom is 0.355 e. The Labute approximate surface area is 135 Å². The molecule has 0 N–H and O–H groups in total. The molecular formula is C18H21NO4. The van der Waals surface area contributed by atoms with E-state index in [1.54, 1.807) is 4.57 Å². The Bertz CT molecular complexity index is 689. The molecule has 0 aliphatic carbocycles. The van der Waals surface area contributed by atoms with Gasteiger partial charge in [-0.05, 0) is 31.0 Å². The van der Waals surface area contributed by atoms with E-state index in [0.717, 1.165) is 16.8 Å². The van der Waals surface area contributed by atoms with Gasteiger partial charge in [0.15, 0.2) is 0 Å². The van der Waals surface area contributed by atoms with Gasteiger partial charge >= 0.3 is 11.9 Å². The number of nitrogens with zero attached hydrogens (tertiary/aromatic N) is 1. The summed E-state index contributed by atoms with van der Waals surface area (Å²) in [6.07, 6.45) is 0.213. The second-order valence-electron chi connectivity index (χ2n) is 5.36. The third-order valence-electron chi connectivity index (χ3n) is 3.67. The molecule has 23 heavy (non-hydrogen) atoms. The lowest BCUT2D eigenvalue weighted by molar-refractivity contribution is -0.140. The minimum Gasteiger partial charge on any atom is -0.469 e. The third-order valence-corrected chi connectivity index (χ3v) is 3.67. The zero-order valence-electron chi connectivity index (χ0n) is 13.7. The van der Waals surface area contributed by atoms with Crippen LogP contribution < -0.4 is 0 Å². The van der Waals surface area contributed by atoms with Gasteiger partial charge in [0.1, 0.15) is 12.3 Å². The highest BCUT2D eigenvalue weighted by atomic mass is 16.5. The van der Waals surface area contributed by atoms with Crippen molar-refractivity contribution < 1.29 is 19.1 Å². The lowest BCUT2D eigenvalue weighted by Crippen LogP contribution is -2.16. The van der Waals surface area contributed by atoms with Gasteiger partial charge in [-0.15, -0.1) is 0 Å². The number of ether oxygens (including phenoxy) is 2. The molecule has 0 fully saturated rings. The fourth-order valence-electron chi connectivity index (χ4n) is 2.50. The van der Waals surface area contributed by atoms with Crippen LogP contribution in [0.3, 0.4) is 0 Å². The highest BCUT2D eigenvalue weighted by molar-refractivity contribution is 5.89. The molecule has 0 unspecified atom stereocenters. The van der Waals surface area contributed by atoms with Crippen LogP contribution in [0.4, 0.5) is 0 Å². The molecule has 122 valence electrons. The molecule has 0 amide bonds. The monoisotopic (exact) mass is 315 g/mol. The van der Waals surface area contributed by atoms with Crippen molar-refractivity contribution in [3.05, 3.63) is 58.9 Å². The molecule has 1 aromatic carbocycles. The minimum absolute atomic E-state index is 0.213. The van der Waals surface area contributed by atoms with Crippen molar-refractivity contribution >= 4 is 11.9 Å². The minimum atomic E-state index is -0.385. The first-order valence-corrected chi connectivity index (χ1v) is 7.47. The molecule has 1 aromatic heterocycles. The Kier molecular flexibility index (Phi) is 5.57. The van der Waals surface area contributed by atoms with Gasteiger partial charge in [0.25, 0.3) is 0 Å². The third kappa shape index (κ3) is 4.22. The maximum absolute atomic E-state index is 12.4. The van der Waals surface area contributed by atoms with Gasteiger partial charge in [-0.25, -0.2) is 4.79 Å². The molecule has 0 bridgehead atoms. The summed E-state index contributed by atoms with van der Waals surface area (Å²) in [5.41, 5.74) is 3.17.